The molecule has 0 unspecified atom stereocenters. The highest BCUT2D eigenvalue weighted by molar-refractivity contribution is 5.76. The van der Waals surface area contributed by atoms with Gasteiger partial charge in [-0.25, -0.2) is 4.79 Å². The number of carboxylic acid groups (broad SMARTS) is 1. The molecule has 4 saturated heterocycles. The van der Waals surface area contributed by atoms with E-state index in [2.05, 4.69) is 10.6 Å². The first kappa shape index (κ1) is 47.3. The van der Waals surface area contributed by atoms with Crippen molar-refractivity contribution < 1.29 is 119 Å². The van der Waals surface area contributed by atoms with E-state index < -0.39 is 179 Å². The second kappa shape index (κ2) is 19.8. The maximum atomic E-state index is 13.1. The van der Waals surface area contributed by atoms with Gasteiger partial charge in [-0.3, -0.25) is 9.59 Å². The topological polar surface area (TPSA) is 423 Å². The third-order valence-corrected chi connectivity index (χ3v) is 9.98. The number of carbonyl (C=O) groups excluding carboxylic acids is 2. The molecule has 0 aromatic heterocycles. The summed E-state index contributed by atoms with van der Waals surface area (Å²) in [6.07, 6.45) is -37.1. The molecule has 4 aliphatic heterocycles. The fourth-order valence-electron chi connectivity index (χ4n) is 7.05. The van der Waals surface area contributed by atoms with E-state index in [-0.39, 0.29) is 0 Å². The number of nitrogens with one attached hydrogen (secondary N) is 2. The second-order valence-electron chi connectivity index (χ2n) is 14.0. The van der Waals surface area contributed by atoms with Crippen LogP contribution in [-0.2, 0) is 47.5 Å². The molecule has 0 aliphatic carbocycles. The summed E-state index contributed by atoms with van der Waals surface area (Å²) in [7, 11) is 0. The average molecular weight is 837 g/mol. The van der Waals surface area contributed by atoms with Gasteiger partial charge in [-0.15, -0.1) is 0 Å². The number of rotatable bonds is 15. The third-order valence-electron chi connectivity index (χ3n) is 9.98. The molecule has 16 N–H and O–H groups in total. The van der Waals surface area contributed by atoms with Crippen molar-refractivity contribution in [2.24, 2.45) is 0 Å². The van der Waals surface area contributed by atoms with Crippen LogP contribution in [0.25, 0.3) is 0 Å². The molecule has 57 heavy (non-hydrogen) atoms. The third kappa shape index (κ3) is 10.2. The quantitative estimate of drug-likeness (QED) is 0.0728. The van der Waals surface area contributed by atoms with E-state index in [0.29, 0.717) is 0 Å². The lowest BCUT2D eigenvalue weighted by Gasteiger charge is -2.52. The molecule has 4 heterocycles. The zero-order valence-corrected chi connectivity index (χ0v) is 30.4. The van der Waals surface area contributed by atoms with Crippen molar-refractivity contribution in [3.8, 4) is 0 Å². The van der Waals surface area contributed by atoms with Gasteiger partial charge in [-0.05, 0) is 0 Å². The van der Waals surface area contributed by atoms with Crippen LogP contribution in [0.5, 0.6) is 0 Å². The van der Waals surface area contributed by atoms with Crippen LogP contribution in [0.3, 0.4) is 0 Å². The van der Waals surface area contributed by atoms with Gasteiger partial charge in [0, 0.05) is 20.3 Å². The molecular weight excluding hydrogens is 784 g/mol. The molecule has 2 amide bonds. The van der Waals surface area contributed by atoms with Gasteiger partial charge in [0.2, 0.25) is 11.8 Å². The molecule has 0 aromatic carbocycles. The standard InChI is InChI=1S/C31H52N2O24/c1-8(38)32-15-10(40)3-31(30(49)50,56-25(15)17(42)11(41)4-34)57-26-22(47)29(54-23-13(6-36)51-27(48)21(46)20(23)45)53-14(7-37)24(26)55-28-16(33-9(2)39)19(44)18(43)12(5-35)52-28/h10-29,34-37,40-48H,3-7H2,1-2H3,(H,32,38)(H,33,39)(H,49,50)/t10-,11+,12+,13+,14+,15+,16+,17+,18-,19+,20+,21+,22+,23+,24-,25+,26+,27-,28-,29-,31-/m0/s1. The van der Waals surface area contributed by atoms with Crippen LogP contribution in [0.4, 0.5) is 0 Å². The van der Waals surface area contributed by atoms with E-state index in [1.54, 1.807) is 0 Å². The van der Waals surface area contributed by atoms with Gasteiger partial charge in [0.05, 0.1) is 38.6 Å². The minimum atomic E-state index is -3.22. The highest BCUT2D eigenvalue weighted by Gasteiger charge is 2.61. The fraction of sp³-hybridized carbons (Fsp3) is 0.903. The first-order valence-electron chi connectivity index (χ1n) is 17.7. The number of hydrogen-bond acceptors (Lipinski definition) is 23. The second-order valence-corrected chi connectivity index (χ2v) is 14.0. The molecule has 0 spiro atoms. The van der Waals surface area contributed by atoms with E-state index >= 15 is 0 Å². The zero-order valence-electron chi connectivity index (χ0n) is 30.4. The summed E-state index contributed by atoms with van der Waals surface area (Å²) in [4.78, 5) is 37.3. The molecule has 21 atom stereocenters. The summed E-state index contributed by atoms with van der Waals surface area (Å²) in [5.74, 6) is -6.92. The summed E-state index contributed by atoms with van der Waals surface area (Å²) < 4.78 is 39.7. The molecule has 0 radical (unpaired) electrons. The maximum Gasteiger partial charge on any atom is 0.364 e. The van der Waals surface area contributed by atoms with Gasteiger partial charge < -0.3 is 115 Å². The number of aliphatic hydroxyl groups excluding tert-OH is 13. The number of ether oxygens (including phenoxy) is 7. The van der Waals surface area contributed by atoms with Gasteiger partial charge in [0.1, 0.15) is 91.5 Å². The minimum Gasteiger partial charge on any atom is -0.477 e. The Hall–Kier alpha value is -2.39. The molecule has 0 bridgehead atoms. The lowest BCUT2D eigenvalue weighted by molar-refractivity contribution is -0.400. The molecule has 4 rings (SSSR count). The molecule has 330 valence electrons. The molecule has 0 aromatic rings. The average Bonchev–Trinajstić information content (AvgIpc) is 3.16. The van der Waals surface area contributed by atoms with Gasteiger partial charge in [0.15, 0.2) is 18.9 Å². The monoisotopic (exact) mass is 836 g/mol. The van der Waals surface area contributed by atoms with Crippen molar-refractivity contribution in [3.63, 3.8) is 0 Å². The van der Waals surface area contributed by atoms with Gasteiger partial charge in [-0.2, -0.15) is 0 Å². The summed E-state index contributed by atoms with van der Waals surface area (Å²) >= 11 is 0. The van der Waals surface area contributed by atoms with E-state index in [1.165, 1.54) is 0 Å². The Morgan fingerprint density at radius 1 is 0.684 bits per heavy atom. The van der Waals surface area contributed by atoms with Crippen molar-refractivity contribution in [2.75, 3.05) is 26.4 Å². The number of carboxylic acids is 1. The van der Waals surface area contributed by atoms with Crippen molar-refractivity contribution in [3.05, 3.63) is 0 Å². The van der Waals surface area contributed by atoms with Crippen LogP contribution in [-0.4, -0.2) is 244 Å². The molecule has 26 nitrogen and oxygen atoms in total. The smallest absolute Gasteiger partial charge is 0.364 e. The molecule has 0 saturated carbocycles. The Morgan fingerprint density at radius 3 is 1.77 bits per heavy atom. The number of aliphatic carboxylic acids is 1. The Morgan fingerprint density at radius 2 is 1.23 bits per heavy atom. The highest BCUT2D eigenvalue weighted by atomic mass is 16.8. The van der Waals surface area contributed by atoms with Crippen LogP contribution in [0.2, 0.25) is 0 Å². The fourth-order valence-corrected chi connectivity index (χ4v) is 7.05. The van der Waals surface area contributed by atoms with Crippen LogP contribution < -0.4 is 10.6 Å². The lowest BCUT2D eigenvalue weighted by atomic mass is 9.88. The number of hydrogen-bond donors (Lipinski definition) is 16. The van der Waals surface area contributed by atoms with Gasteiger partial charge in [-0.1, -0.05) is 0 Å². The SMILES string of the molecule is CC(=O)N[C@H]1[C@H](O[C@@H]2[C@H](O[C@]3(C(=O)O)C[C@H](O)[C@@H](NC(C)=O)[C@H]([C@H](O)[C@H](O)CO)O3)[C@@H](O)[C@H](O[C@H]3[C@H](O)[C@@H](O)[C@@H](O)O[C@@H]3CO)O[C@@H]2CO)O[C@H](CO)[C@H](O)[C@@H]1O. The Kier molecular flexibility index (Phi) is 16.4. The minimum absolute atomic E-state index is 0.803. The molecule has 4 aliphatic rings. The first-order valence-corrected chi connectivity index (χ1v) is 17.7. The lowest BCUT2D eigenvalue weighted by Crippen LogP contribution is -2.72. The summed E-state index contributed by atoms with van der Waals surface area (Å²) in [6, 6.07) is -3.34. The largest absolute Gasteiger partial charge is 0.477 e. The van der Waals surface area contributed by atoms with Crippen molar-refractivity contribution >= 4 is 17.8 Å². The first-order chi connectivity index (χ1) is 26.7. The van der Waals surface area contributed by atoms with E-state index in [9.17, 15) is 85.9 Å². The van der Waals surface area contributed by atoms with Gasteiger partial charge in [0.25, 0.3) is 5.79 Å². The van der Waals surface area contributed by atoms with Crippen molar-refractivity contribution in [2.45, 2.75) is 149 Å². The van der Waals surface area contributed by atoms with E-state index in [4.69, 9.17) is 33.2 Å². The number of amides is 2. The van der Waals surface area contributed by atoms with Crippen LogP contribution in [0.1, 0.15) is 20.3 Å². The molecule has 4 fully saturated rings. The zero-order chi connectivity index (χ0) is 42.7. The van der Waals surface area contributed by atoms with Crippen LogP contribution >= 0.6 is 0 Å². The van der Waals surface area contributed by atoms with Crippen molar-refractivity contribution in [1.82, 2.24) is 10.6 Å². The molecule has 26 heteroatoms. The normalized spacial score (nSPS) is 45.1. The number of aliphatic hydroxyl groups is 13. The number of carbonyl (C=O) groups is 3. The predicted molar refractivity (Wildman–Crippen MR) is 174 cm³/mol. The van der Waals surface area contributed by atoms with Crippen LogP contribution in [0.15, 0.2) is 0 Å². The predicted octanol–water partition coefficient (Wildman–Crippen LogP) is -10.3. The summed E-state index contributed by atoms with van der Waals surface area (Å²) in [6.45, 7) is -2.13. The Bertz CT molecular complexity index is 1350. The van der Waals surface area contributed by atoms with Crippen molar-refractivity contribution in [1.29, 1.82) is 0 Å². The Balaban J connectivity index is 1.82. The van der Waals surface area contributed by atoms with Gasteiger partial charge >= 0.3 is 5.97 Å². The van der Waals surface area contributed by atoms with E-state index in [0.717, 1.165) is 13.8 Å². The van der Waals surface area contributed by atoms with E-state index in [1.807, 2.05) is 0 Å². The maximum absolute atomic E-state index is 13.1. The molecular formula is C31H52N2O24. The Labute approximate surface area is 322 Å². The van der Waals surface area contributed by atoms with Crippen LogP contribution in [0, 0.1) is 0 Å². The summed E-state index contributed by atoms with van der Waals surface area (Å²) in [5.41, 5.74) is 0. The highest BCUT2D eigenvalue weighted by Crippen LogP contribution is 2.40. The summed E-state index contributed by atoms with van der Waals surface area (Å²) in [5, 5.41) is 151.